The van der Waals surface area contributed by atoms with Gasteiger partial charge in [-0.25, -0.2) is 0 Å². The van der Waals surface area contributed by atoms with E-state index in [1.54, 1.807) is 7.11 Å². The molecule has 4 nitrogen and oxygen atoms in total. The predicted molar refractivity (Wildman–Crippen MR) is 102 cm³/mol. The van der Waals surface area contributed by atoms with Crippen molar-refractivity contribution in [2.45, 2.75) is 51.7 Å². The molecule has 2 aliphatic rings. The molecule has 4 heteroatoms. The molecule has 0 saturated carbocycles. The third-order valence-corrected chi connectivity index (χ3v) is 6.16. The monoisotopic (exact) mass is 346 g/mol. The Balaban J connectivity index is 1.55. The van der Waals surface area contributed by atoms with Crippen LogP contribution in [-0.4, -0.2) is 62.3 Å². The number of likely N-dealkylation sites (tertiary alicyclic amines) is 2. The molecule has 25 heavy (non-hydrogen) atoms. The number of methoxy groups -OCH3 is 2. The summed E-state index contributed by atoms with van der Waals surface area (Å²) in [5.41, 5.74) is 1.88. The van der Waals surface area contributed by atoms with Gasteiger partial charge in [0.25, 0.3) is 0 Å². The van der Waals surface area contributed by atoms with Gasteiger partial charge in [0.2, 0.25) is 0 Å². The van der Waals surface area contributed by atoms with Crippen molar-refractivity contribution in [2.75, 3.05) is 40.5 Å². The number of hydrogen-bond donors (Lipinski definition) is 0. The van der Waals surface area contributed by atoms with Crippen LogP contribution in [0.1, 0.15) is 38.7 Å². The van der Waals surface area contributed by atoms with Crippen LogP contribution >= 0.6 is 0 Å². The lowest BCUT2D eigenvalue weighted by Crippen LogP contribution is -2.42. The van der Waals surface area contributed by atoms with Gasteiger partial charge in [0.05, 0.1) is 13.7 Å². The average molecular weight is 347 g/mol. The van der Waals surface area contributed by atoms with E-state index >= 15 is 0 Å². The lowest BCUT2D eigenvalue weighted by molar-refractivity contribution is 0.0915. The van der Waals surface area contributed by atoms with E-state index in [0.717, 1.165) is 18.9 Å². The third kappa shape index (κ3) is 4.36. The summed E-state index contributed by atoms with van der Waals surface area (Å²) < 4.78 is 10.8. The Morgan fingerprint density at radius 3 is 2.36 bits per heavy atom. The first kappa shape index (κ1) is 18.7. The van der Waals surface area contributed by atoms with Gasteiger partial charge < -0.3 is 9.47 Å². The number of benzene rings is 1. The Hall–Kier alpha value is -1.10. The highest BCUT2D eigenvalue weighted by Crippen LogP contribution is 2.44. The van der Waals surface area contributed by atoms with Crippen LogP contribution in [0, 0.1) is 5.41 Å². The Labute approximate surface area is 153 Å². The largest absolute Gasteiger partial charge is 0.497 e. The molecule has 140 valence electrons. The van der Waals surface area contributed by atoms with E-state index < -0.39 is 0 Å². The number of hydrogen-bond acceptors (Lipinski definition) is 4. The summed E-state index contributed by atoms with van der Waals surface area (Å²) in [6.07, 6.45) is 3.93. The molecule has 0 amide bonds. The SMILES string of the molecule is COC[C@@H]1CC2(CCN(Cc3ccc(OC)cc3)CC2)CN1C(C)C. The molecule has 0 unspecified atom stereocenters. The summed E-state index contributed by atoms with van der Waals surface area (Å²) in [6.45, 7) is 10.2. The summed E-state index contributed by atoms with van der Waals surface area (Å²) in [7, 11) is 3.55. The summed E-state index contributed by atoms with van der Waals surface area (Å²) in [5.74, 6) is 0.935. The van der Waals surface area contributed by atoms with Crippen molar-refractivity contribution in [3.05, 3.63) is 29.8 Å². The van der Waals surface area contributed by atoms with E-state index in [9.17, 15) is 0 Å². The van der Waals surface area contributed by atoms with Gasteiger partial charge in [-0.3, -0.25) is 9.80 Å². The van der Waals surface area contributed by atoms with Crippen molar-refractivity contribution in [1.29, 1.82) is 0 Å². The second-order valence-corrected chi connectivity index (χ2v) is 8.20. The molecule has 0 aromatic heterocycles. The molecule has 0 bridgehead atoms. The maximum absolute atomic E-state index is 5.50. The molecule has 3 rings (SSSR count). The molecule has 1 spiro atoms. The van der Waals surface area contributed by atoms with Crippen molar-refractivity contribution < 1.29 is 9.47 Å². The molecule has 2 saturated heterocycles. The molecular formula is C21H34N2O2. The Bertz CT molecular complexity index is 535. The maximum atomic E-state index is 5.50. The second-order valence-electron chi connectivity index (χ2n) is 8.20. The topological polar surface area (TPSA) is 24.9 Å². The summed E-state index contributed by atoms with van der Waals surface area (Å²) in [5, 5.41) is 0. The molecular weight excluding hydrogens is 312 g/mol. The zero-order valence-electron chi connectivity index (χ0n) is 16.3. The molecule has 0 radical (unpaired) electrons. The van der Waals surface area contributed by atoms with Gasteiger partial charge in [-0.1, -0.05) is 12.1 Å². The van der Waals surface area contributed by atoms with Crippen LogP contribution in [0.15, 0.2) is 24.3 Å². The molecule has 2 aliphatic heterocycles. The quantitative estimate of drug-likeness (QED) is 0.788. The zero-order valence-corrected chi connectivity index (χ0v) is 16.3. The molecule has 1 atom stereocenters. The van der Waals surface area contributed by atoms with Crippen LogP contribution in [0.5, 0.6) is 5.75 Å². The third-order valence-electron chi connectivity index (χ3n) is 6.16. The normalized spacial score (nSPS) is 24.3. The lowest BCUT2D eigenvalue weighted by atomic mass is 9.76. The van der Waals surface area contributed by atoms with Gasteiger partial charge in [0, 0.05) is 32.3 Å². The van der Waals surface area contributed by atoms with Crippen LogP contribution < -0.4 is 4.74 Å². The van der Waals surface area contributed by atoms with E-state index in [1.165, 1.54) is 44.5 Å². The highest BCUT2D eigenvalue weighted by molar-refractivity contribution is 5.27. The minimum absolute atomic E-state index is 0.504. The van der Waals surface area contributed by atoms with Crippen molar-refractivity contribution >= 4 is 0 Å². The molecule has 1 aromatic carbocycles. The standard InChI is InChI=1S/C21H34N2O2/c1-17(2)23-16-21(13-19(23)15-24-3)9-11-22(12-10-21)14-18-5-7-20(25-4)8-6-18/h5-8,17,19H,9-16H2,1-4H3/t19-/m0/s1. The van der Waals surface area contributed by atoms with Gasteiger partial charge in [-0.05, 0) is 69.3 Å². The lowest BCUT2D eigenvalue weighted by Gasteiger charge is -2.39. The molecule has 0 N–H and O–H groups in total. The van der Waals surface area contributed by atoms with Gasteiger partial charge in [0.1, 0.15) is 5.75 Å². The smallest absolute Gasteiger partial charge is 0.118 e. The fourth-order valence-electron chi connectivity index (χ4n) is 4.69. The van der Waals surface area contributed by atoms with Gasteiger partial charge in [-0.2, -0.15) is 0 Å². The Kier molecular flexibility index (Phi) is 6.03. The fourth-order valence-corrected chi connectivity index (χ4v) is 4.69. The van der Waals surface area contributed by atoms with E-state index in [-0.39, 0.29) is 0 Å². The summed E-state index contributed by atoms with van der Waals surface area (Å²) in [6, 6.07) is 9.71. The van der Waals surface area contributed by atoms with Gasteiger partial charge >= 0.3 is 0 Å². The van der Waals surface area contributed by atoms with Crippen LogP contribution in [0.3, 0.4) is 0 Å². The maximum Gasteiger partial charge on any atom is 0.118 e. The fraction of sp³-hybridized carbons (Fsp3) is 0.714. The van der Waals surface area contributed by atoms with E-state index in [1.807, 2.05) is 7.11 Å². The van der Waals surface area contributed by atoms with Crippen molar-refractivity contribution in [2.24, 2.45) is 5.41 Å². The highest BCUT2D eigenvalue weighted by Gasteiger charge is 2.45. The van der Waals surface area contributed by atoms with Crippen molar-refractivity contribution in [3.63, 3.8) is 0 Å². The van der Waals surface area contributed by atoms with E-state index in [4.69, 9.17) is 9.47 Å². The number of rotatable bonds is 6. The Morgan fingerprint density at radius 2 is 1.80 bits per heavy atom. The van der Waals surface area contributed by atoms with Gasteiger partial charge in [0.15, 0.2) is 0 Å². The number of ether oxygens (including phenoxy) is 2. The molecule has 2 heterocycles. The first-order chi connectivity index (χ1) is 12.0. The van der Waals surface area contributed by atoms with E-state index in [0.29, 0.717) is 17.5 Å². The first-order valence-electron chi connectivity index (χ1n) is 9.65. The average Bonchev–Trinajstić information content (AvgIpc) is 2.97. The predicted octanol–water partition coefficient (Wildman–Crippen LogP) is 3.41. The number of piperidine rings is 1. The van der Waals surface area contributed by atoms with Crippen molar-refractivity contribution in [3.8, 4) is 5.75 Å². The molecule has 2 fully saturated rings. The summed E-state index contributed by atoms with van der Waals surface area (Å²) >= 11 is 0. The zero-order chi connectivity index (χ0) is 17.9. The first-order valence-corrected chi connectivity index (χ1v) is 9.65. The summed E-state index contributed by atoms with van der Waals surface area (Å²) in [4.78, 5) is 5.28. The Morgan fingerprint density at radius 1 is 1.12 bits per heavy atom. The van der Waals surface area contributed by atoms with Crippen molar-refractivity contribution in [1.82, 2.24) is 9.80 Å². The van der Waals surface area contributed by atoms with Crippen LogP contribution in [0.25, 0.3) is 0 Å². The number of nitrogens with zero attached hydrogens (tertiary/aromatic N) is 2. The molecule has 1 aromatic rings. The molecule has 0 aliphatic carbocycles. The van der Waals surface area contributed by atoms with Crippen LogP contribution in [0.4, 0.5) is 0 Å². The van der Waals surface area contributed by atoms with Crippen LogP contribution in [-0.2, 0) is 11.3 Å². The van der Waals surface area contributed by atoms with E-state index in [2.05, 4.69) is 47.9 Å². The minimum atomic E-state index is 0.504. The second kappa shape index (κ2) is 8.07. The van der Waals surface area contributed by atoms with Gasteiger partial charge in [-0.15, -0.1) is 0 Å². The minimum Gasteiger partial charge on any atom is -0.497 e. The van der Waals surface area contributed by atoms with Crippen LogP contribution in [0.2, 0.25) is 0 Å². The highest BCUT2D eigenvalue weighted by atomic mass is 16.5.